The van der Waals surface area contributed by atoms with Crippen LogP contribution < -0.4 is 5.32 Å². The number of phenols is 1. The smallest absolute Gasteiger partial charge is 0.139 e. The van der Waals surface area contributed by atoms with Crippen molar-refractivity contribution in [3.8, 4) is 5.75 Å². The minimum Gasteiger partial charge on any atom is -0.506 e. The zero-order chi connectivity index (χ0) is 14.0. The van der Waals surface area contributed by atoms with E-state index in [1.54, 1.807) is 10.7 Å². The molecule has 19 heavy (non-hydrogen) atoms. The summed E-state index contributed by atoms with van der Waals surface area (Å²) < 4.78 is 1.76. The Morgan fingerprint density at radius 3 is 2.79 bits per heavy atom. The van der Waals surface area contributed by atoms with Gasteiger partial charge in [0.1, 0.15) is 5.75 Å². The maximum atomic E-state index is 9.88. The molecule has 1 heterocycles. The number of aromatic hydroxyl groups is 1. The molecule has 0 radical (unpaired) electrons. The predicted molar refractivity (Wildman–Crippen MR) is 78.0 cm³/mol. The summed E-state index contributed by atoms with van der Waals surface area (Å²) in [6.07, 6.45) is 2.74. The Bertz CT molecular complexity index is 596. The van der Waals surface area contributed by atoms with Crippen molar-refractivity contribution in [1.29, 1.82) is 0 Å². The lowest BCUT2D eigenvalue weighted by molar-refractivity contribution is 0.469. The SMILES string of the molecule is CCc1nn(C)cc1NCc1cc(Cl)cc(Cl)c1O. The highest BCUT2D eigenvalue weighted by atomic mass is 35.5. The molecule has 0 bridgehead atoms. The third-order valence-electron chi connectivity index (χ3n) is 2.82. The standard InChI is InChI=1S/C13H15Cl2N3O/c1-3-11-12(7-18(2)17-11)16-6-8-4-9(14)5-10(15)13(8)19/h4-5,7,16,19H,3,6H2,1-2H3. The van der Waals surface area contributed by atoms with Crippen LogP contribution in [0.25, 0.3) is 0 Å². The van der Waals surface area contributed by atoms with Gasteiger partial charge >= 0.3 is 0 Å². The fourth-order valence-electron chi connectivity index (χ4n) is 1.89. The normalized spacial score (nSPS) is 10.7. The van der Waals surface area contributed by atoms with E-state index >= 15 is 0 Å². The van der Waals surface area contributed by atoms with Crippen LogP contribution in [0.5, 0.6) is 5.75 Å². The van der Waals surface area contributed by atoms with Gasteiger partial charge in [0, 0.05) is 30.4 Å². The monoisotopic (exact) mass is 299 g/mol. The van der Waals surface area contributed by atoms with Gasteiger partial charge in [-0.2, -0.15) is 5.10 Å². The van der Waals surface area contributed by atoms with E-state index in [1.807, 2.05) is 20.2 Å². The second-order valence-electron chi connectivity index (χ2n) is 4.27. The molecule has 0 aliphatic heterocycles. The Balaban J connectivity index is 2.18. The zero-order valence-electron chi connectivity index (χ0n) is 10.7. The molecule has 0 aliphatic rings. The summed E-state index contributed by atoms with van der Waals surface area (Å²) in [6, 6.07) is 3.21. The van der Waals surface area contributed by atoms with Crippen LogP contribution in [0.3, 0.4) is 0 Å². The van der Waals surface area contributed by atoms with Crippen LogP contribution in [0.2, 0.25) is 10.0 Å². The molecule has 0 unspecified atom stereocenters. The molecule has 2 aromatic rings. The number of anilines is 1. The molecular formula is C13H15Cl2N3O. The molecule has 0 atom stereocenters. The van der Waals surface area contributed by atoms with Crippen LogP contribution in [-0.2, 0) is 20.0 Å². The number of aryl methyl sites for hydroxylation is 2. The molecule has 0 aliphatic carbocycles. The summed E-state index contributed by atoms with van der Waals surface area (Å²) in [4.78, 5) is 0. The van der Waals surface area contributed by atoms with Crippen LogP contribution in [0.15, 0.2) is 18.3 Å². The number of hydrogen-bond acceptors (Lipinski definition) is 3. The third kappa shape index (κ3) is 3.14. The quantitative estimate of drug-likeness (QED) is 0.907. The lowest BCUT2D eigenvalue weighted by Gasteiger charge is -2.09. The Labute approximate surface area is 122 Å². The first-order valence-corrected chi connectivity index (χ1v) is 6.70. The fraction of sp³-hybridized carbons (Fsp3) is 0.308. The molecule has 6 heteroatoms. The van der Waals surface area contributed by atoms with Gasteiger partial charge in [0.25, 0.3) is 0 Å². The maximum absolute atomic E-state index is 9.88. The van der Waals surface area contributed by atoms with Crippen LogP contribution in [0, 0.1) is 0 Å². The molecule has 0 amide bonds. The average Bonchev–Trinajstić information content (AvgIpc) is 2.72. The number of nitrogens with one attached hydrogen (secondary N) is 1. The first-order chi connectivity index (χ1) is 9.01. The summed E-state index contributed by atoms with van der Waals surface area (Å²) in [5, 5.41) is 18.2. The molecular weight excluding hydrogens is 285 g/mol. The molecule has 0 spiro atoms. The molecule has 4 nitrogen and oxygen atoms in total. The van der Waals surface area contributed by atoms with Crippen molar-refractivity contribution in [2.45, 2.75) is 19.9 Å². The lowest BCUT2D eigenvalue weighted by Crippen LogP contribution is -2.01. The van der Waals surface area contributed by atoms with Crippen molar-refractivity contribution < 1.29 is 5.11 Å². The lowest BCUT2D eigenvalue weighted by atomic mass is 10.2. The Hall–Kier alpha value is -1.39. The number of hydrogen-bond donors (Lipinski definition) is 2. The highest BCUT2D eigenvalue weighted by molar-refractivity contribution is 6.35. The van der Waals surface area contributed by atoms with Gasteiger partial charge in [-0.05, 0) is 18.6 Å². The van der Waals surface area contributed by atoms with E-state index in [9.17, 15) is 5.11 Å². The molecule has 0 saturated carbocycles. The number of aromatic nitrogens is 2. The summed E-state index contributed by atoms with van der Waals surface area (Å²) >= 11 is 11.8. The van der Waals surface area contributed by atoms with Gasteiger partial charge in [-0.25, -0.2) is 0 Å². The van der Waals surface area contributed by atoms with Gasteiger partial charge in [0.2, 0.25) is 0 Å². The first kappa shape index (κ1) is 14.0. The number of nitrogens with zero attached hydrogens (tertiary/aromatic N) is 2. The molecule has 1 aromatic carbocycles. The summed E-state index contributed by atoms with van der Waals surface area (Å²) in [5.74, 6) is 0.0560. The fourth-order valence-corrected chi connectivity index (χ4v) is 2.42. The first-order valence-electron chi connectivity index (χ1n) is 5.94. The Morgan fingerprint density at radius 1 is 1.37 bits per heavy atom. The third-order valence-corrected chi connectivity index (χ3v) is 3.32. The highest BCUT2D eigenvalue weighted by Crippen LogP contribution is 2.31. The molecule has 2 N–H and O–H groups in total. The highest BCUT2D eigenvalue weighted by Gasteiger charge is 2.10. The summed E-state index contributed by atoms with van der Waals surface area (Å²) in [5.41, 5.74) is 2.58. The van der Waals surface area contributed by atoms with Crippen LogP contribution in [0.1, 0.15) is 18.2 Å². The maximum Gasteiger partial charge on any atom is 0.139 e. The second-order valence-corrected chi connectivity index (χ2v) is 5.11. The van der Waals surface area contributed by atoms with Crippen molar-refractivity contribution in [3.63, 3.8) is 0 Å². The number of benzene rings is 1. The summed E-state index contributed by atoms with van der Waals surface area (Å²) in [7, 11) is 1.87. The van der Waals surface area contributed by atoms with Crippen LogP contribution in [-0.4, -0.2) is 14.9 Å². The van der Waals surface area contributed by atoms with E-state index < -0.39 is 0 Å². The molecule has 0 saturated heterocycles. The molecule has 0 fully saturated rings. The van der Waals surface area contributed by atoms with Crippen molar-refractivity contribution in [1.82, 2.24) is 9.78 Å². The van der Waals surface area contributed by atoms with E-state index in [-0.39, 0.29) is 10.8 Å². The summed E-state index contributed by atoms with van der Waals surface area (Å²) in [6.45, 7) is 2.48. The van der Waals surface area contributed by atoms with Crippen molar-refractivity contribution in [3.05, 3.63) is 39.6 Å². The minimum absolute atomic E-state index is 0.0560. The van der Waals surface area contributed by atoms with Gasteiger partial charge < -0.3 is 10.4 Å². The Morgan fingerprint density at radius 2 is 2.11 bits per heavy atom. The van der Waals surface area contributed by atoms with Gasteiger partial charge in [-0.3, -0.25) is 4.68 Å². The minimum atomic E-state index is 0.0560. The van der Waals surface area contributed by atoms with Gasteiger partial charge in [0.15, 0.2) is 0 Å². The van der Waals surface area contributed by atoms with Gasteiger partial charge in [-0.1, -0.05) is 30.1 Å². The van der Waals surface area contributed by atoms with E-state index in [2.05, 4.69) is 10.4 Å². The zero-order valence-corrected chi connectivity index (χ0v) is 12.3. The van der Waals surface area contributed by atoms with Gasteiger partial charge in [0.05, 0.1) is 16.4 Å². The molecule has 2 rings (SSSR count). The van der Waals surface area contributed by atoms with Crippen molar-refractivity contribution in [2.75, 3.05) is 5.32 Å². The van der Waals surface area contributed by atoms with Crippen molar-refractivity contribution >= 4 is 28.9 Å². The number of rotatable bonds is 4. The van der Waals surface area contributed by atoms with Crippen LogP contribution >= 0.6 is 23.2 Å². The Kier molecular flexibility index (Phi) is 4.22. The van der Waals surface area contributed by atoms with E-state index in [0.717, 1.165) is 17.8 Å². The van der Waals surface area contributed by atoms with E-state index in [4.69, 9.17) is 23.2 Å². The van der Waals surface area contributed by atoms with Crippen molar-refractivity contribution in [2.24, 2.45) is 7.05 Å². The topological polar surface area (TPSA) is 50.1 Å². The largest absolute Gasteiger partial charge is 0.506 e. The number of halogens is 2. The van der Waals surface area contributed by atoms with Gasteiger partial charge in [-0.15, -0.1) is 0 Å². The van der Waals surface area contributed by atoms with E-state index in [1.165, 1.54) is 6.07 Å². The van der Waals surface area contributed by atoms with Crippen LogP contribution in [0.4, 0.5) is 5.69 Å². The number of phenolic OH excluding ortho intramolecular Hbond substituents is 1. The predicted octanol–water partition coefficient (Wildman–Crippen LogP) is 3.61. The molecule has 102 valence electrons. The second kappa shape index (κ2) is 5.72. The molecule has 1 aromatic heterocycles. The average molecular weight is 300 g/mol. The van der Waals surface area contributed by atoms with E-state index in [0.29, 0.717) is 17.1 Å².